The van der Waals surface area contributed by atoms with Crippen LogP contribution >= 0.6 is 0 Å². The molecule has 3 aromatic heterocycles. The number of rotatable bonds is 3. The summed E-state index contributed by atoms with van der Waals surface area (Å²) in [6, 6.07) is 45.9. The maximum atomic E-state index is 2.66. The van der Waals surface area contributed by atoms with Gasteiger partial charge in [-0.15, -0.1) is 0 Å². The molecule has 0 bridgehead atoms. The van der Waals surface area contributed by atoms with Gasteiger partial charge in [-0.05, 0) is 80.6 Å². The quantitative estimate of drug-likeness (QED) is 0.172. The number of hydrogen-bond acceptors (Lipinski definition) is 0. The molecule has 0 saturated carbocycles. The van der Waals surface area contributed by atoms with Crippen LogP contribution in [0.25, 0.3) is 44.5 Å². The molecule has 0 aliphatic carbocycles. The van der Waals surface area contributed by atoms with Gasteiger partial charge in [0.15, 0.2) is 17.6 Å². The molecule has 238 valence electrons. The van der Waals surface area contributed by atoms with Gasteiger partial charge in [0.1, 0.15) is 0 Å². The van der Waals surface area contributed by atoms with Crippen molar-refractivity contribution in [2.75, 3.05) is 0 Å². The highest BCUT2D eigenvalue weighted by Gasteiger charge is 2.68. The Morgan fingerprint density at radius 2 is 1.24 bits per heavy atom. The summed E-state index contributed by atoms with van der Waals surface area (Å²) in [5.41, 5.74) is 17.7. The number of aryl methyl sites for hydroxylation is 5. The Kier molecular flexibility index (Phi) is 6.55. The number of nitrogens with zero attached hydrogens (tertiary/aromatic N) is 3. The Morgan fingerprint density at radius 3 is 2.00 bits per heavy atom. The van der Waals surface area contributed by atoms with Crippen LogP contribution in [0.5, 0.6) is 0 Å². The number of benzene rings is 4. The first-order valence-electron chi connectivity index (χ1n) is 17.5. The van der Waals surface area contributed by atoms with E-state index in [0.29, 0.717) is 0 Å². The Bertz CT molecular complexity index is 2510. The molecule has 0 N–H and O–H groups in total. The number of aromatic nitrogens is 3. The zero-order valence-electron chi connectivity index (χ0n) is 29.3. The molecule has 1 spiro atoms. The van der Waals surface area contributed by atoms with Crippen molar-refractivity contribution in [3.63, 3.8) is 0 Å². The minimum absolute atomic E-state index is 0.0179. The molecule has 9 rings (SSSR count). The van der Waals surface area contributed by atoms with E-state index in [1.807, 2.05) is 0 Å². The number of fused-ring (bicyclic) bond motifs is 10. The van der Waals surface area contributed by atoms with Crippen molar-refractivity contribution in [1.29, 1.82) is 0 Å². The first kappa shape index (κ1) is 29.7. The summed E-state index contributed by atoms with van der Waals surface area (Å²) in [5.74, 6) is 0. The summed E-state index contributed by atoms with van der Waals surface area (Å²) in [7, 11) is 0. The van der Waals surface area contributed by atoms with Crippen LogP contribution < -0.4 is 13.7 Å². The molecule has 2 unspecified atom stereocenters. The lowest BCUT2D eigenvalue weighted by Crippen LogP contribution is -2.72. The second-order valence-electron chi connectivity index (χ2n) is 14.3. The highest BCUT2D eigenvalue weighted by Crippen LogP contribution is 2.52. The first-order valence-corrected chi connectivity index (χ1v) is 17.5. The van der Waals surface area contributed by atoms with Crippen molar-refractivity contribution in [3.05, 3.63) is 172 Å². The van der Waals surface area contributed by atoms with Crippen LogP contribution in [0.1, 0.15) is 50.8 Å². The normalized spacial score (nSPS) is 17.1. The second-order valence-corrected chi connectivity index (χ2v) is 14.3. The van der Waals surface area contributed by atoms with Crippen molar-refractivity contribution < 1.29 is 13.7 Å². The summed E-state index contributed by atoms with van der Waals surface area (Å²) in [6.07, 6.45) is 2.35. The van der Waals surface area contributed by atoms with Crippen molar-refractivity contribution in [2.45, 2.75) is 59.7 Å². The zero-order chi connectivity index (χ0) is 33.6. The molecule has 3 nitrogen and oxygen atoms in total. The van der Waals surface area contributed by atoms with E-state index in [0.717, 1.165) is 6.54 Å². The molecule has 0 amide bonds. The van der Waals surface area contributed by atoms with E-state index >= 15 is 0 Å². The fraction of sp³-hybridized carbons (Fsp3) is 0.196. The van der Waals surface area contributed by atoms with Gasteiger partial charge < -0.3 is 0 Å². The molecule has 2 aliphatic heterocycles. The fourth-order valence-corrected chi connectivity index (χ4v) is 9.27. The van der Waals surface area contributed by atoms with Gasteiger partial charge in [-0.1, -0.05) is 65.7 Å². The largest absolute Gasteiger partial charge is 0.290 e. The average Bonchev–Trinajstić information content (AvgIpc) is 3.40. The zero-order valence-corrected chi connectivity index (χ0v) is 29.3. The Hall–Kier alpha value is -5.41. The van der Waals surface area contributed by atoms with E-state index in [4.69, 9.17) is 0 Å². The molecule has 0 radical (unpaired) electrons. The molecular formula is C46H42N3+3. The number of pyridine rings is 3. The Balaban J connectivity index is 1.43. The van der Waals surface area contributed by atoms with E-state index in [1.165, 1.54) is 89.3 Å². The van der Waals surface area contributed by atoms with Gasteiger partial charge in [0.05, 0.1) is 22.1 Å². The van der Waals surface area contributed by atoms with E-state index < -0.39 is 5.54 Å². The standard InChI is InChI=1S/C46H42N3/c1-29-21-22-35-23-24-47(45(39(35)26-29)38-27-30(2)25-31(3)34(38)6)28-44-46(40-17-9-7-15-36(40)42-19-11-13-32(4)48(42)44)41-18-10-8-16-37(41)43-20-12-14-33(5)49(43)46/h7-27,44H,28H2,1-6H3/q+3. The van der Waals surface area contributed by atoms with Crippen LogP contribution in [0.15, 0.2) is 128 Å². The number of hydrogen-bond donors (Lipinski definition) is 0. The molecular weight excluding hydrogens is 595 g/mol. The SMILES string of the molecule is Cc1cc(C)c(C)c(-c2c3cc(C)ccc3cc[n+]2CC2[n+]3c(C)cccc3-c3ccccc3C23c2ccccc2-c2cccc(C)[n+]23)c1. The third kappa shape index (κ3) is 4.11. The molecule has 7 aromatic rings. The predicted octanol–water partition coefficient (Wildman–Crippen LogP) is 8.91. The lowest BCUT2D eigenvalue weighted by Gasteiger charge is -2.35. The van der Waals surface area contributed by atoms with E-state index in [9.17, 15) is 0 Å². The van der Waals surface area contributed by atoms with Crippen LogP contribution in [0, 0.1) is 41.5 Å². The lowest BCUT2D eigenvalue weighted by atomic mass is 9.71. The van der Waals surface area contributed by atoms with Crippen molar-refractivity contribution in [2.24, 2.45) is 0 Å². The van der Waals surface area contributed by atoms with Crippen molar-refractivity contribution in [1.82, 2.24) is 0 Å². The van der Waals surface area contributed by atoms with Crippen LogP contribution in [-0.2, 0) is 12.1 Å². The highest BCUT2D eigenvalue weighted by atomic mass is 15.2. The Morgan fingerprint density at radius 1 is 0.571 bits per heavy atom. The Labute approximate surface area is 289 Å². The second kappa shape index (κ2) is 10.8. The molecule has 0 fully saturated rings. The third-order valence-electron chi connectivity index (χ3n) is 11.4. The van der Waals surface area contributed by atoms with Crippen molar-refractivity contribution in [3.8, 4) is 33.8 Å². The summed E-state index contributed by atoms with van der Waals surface area (Å²) in [5, 5.41) is 2.57. The summed E-state index contributed by atoms with van der Waals surface area (Å²) in [4.78, 5) is 0. The topological polar surface area (TPSA) is 11.6 Å². The lowest BCUT2D eigenvalue weighted by molar-refractivity contribution is -0.861. The molecule has 2 aliphatic rings. The van der Waals surface area contributed by atoms with Gasteiger partial charge in [0, 0.05) is 55.3 Å². The van der Waals surface area contributed by atoms with Crippen LogP contribution in [0.4, 0.5) is 0 Å². The van der Waals surface area contributed by atoms with Crippen LogP contribution in [0.3, 0.4) is 0 Å². The smallest absolute Gasteiger partial charge is 0.190 e. The van der Waals surface area contributed by atoms with E-state index in [1.54, 1.807) is 0 Å². The average molecular weight is 637 g/mol. The molecule has 3 heteroatoms. The molecule has 5 heterocycles. The van der Waals surface area contributed by atoms with Gasteiger partial charge >= 0.3 is 0 Å². The minimum Gasteiger partial charge on any atom is -0.190 e. The third-order valence-corrected chi connectivity index (χ3v) is 11.4. The molecule has 4 aromatic carbocycles. The fourth-order valence-electron chi connectivity index (χ4n) is 9.27. The first-order chi connectivity index (χ1) is 23.8. The maximum absolute atomic E-state index is 2.66. The maximum Gasteiger partial charge on any atom is 0.290 e. The van der Waals surface area contributed by atoms with Gasteiger partial charge in [0.2, 0.25) is 23.6 Å². The molecule has 49 heavy (non-hydrogen) atoms. The monoisotopic (exact) mass is 636 g/mol. The minimum atomic E-state index is -0.485. The highest BCUT2D eigenvalue weighted by molar-refractivity contribution is 5.94. The van der Waals surface area contributed by atoms with Crippen molar-refractivity contribution >= 4 is 10.8 Å². The van der Waals surface area contributed by atoms with Gasteiger partial charge in [-0.3, -0.25) is 0 Å². The summed E-state index contributed by atoms with van der Waals surface area (Å²) >= 11 is 0. The predicted molar refractivity (Wildman–Crippen MR) is 197 cm³/mol. The van der Waals surface area contributed by atoms with E-state index in [2.05, 4.69) is 183 Å². The van der Waals surface area contributed by atoms with Crippen LogP contribution in [-0.4, -0.2) is 0 Å². The molecule has 0 saturated heterocycles. The summed E-state index contributed by atoms with van der Waals surface area (Å²) < 4.78 is 7.89. The summed E-state index contributed by atoms with van der Waals surface area (Å²) in [6.45, 7) is 14.3. The van der Waals surface area contributed by atoms with Gasteiger partial charge in [-0.2, -0.15) is 13.7 Å². The van der Waals surface area contributed by atoms with E-state index in [-0.39, 0.29) is 6.04 Å². The van der Waals surface area contributed by atoms with Gasteiger partial charge in [-0.25, -0.2) is 0 Å². The van der Waals surface area contributed by atoms with Crippen LogP contribution in [0.2, 0.25) is 0 Å². The van der Waals surface area contributed by atoms with Gasteiger partial charge in [0.25, 0.3) is 11.6 Å². The molecule has 2 atom stereocenters.